The zero-order valence-corrected chi connectivity index (χ0v) is 35.3. The molecule has 0 aromatic heterocycles. The Morgan fingerprint density at radius 3 is 1.27 bits per heavy atom. The topological polar surface area (TPSA) is 0 Å². The Hall–Kier alpha value is -1.96. The SMILES string of the molecule is CCc1ccc2c(c1-c1ccccc1)C=C(C(C)CC)[CH]2[Zr]([Cl])([Cl])([CH]1C(C(C)CC)=Cc2c1ccc(CC)c2-c1ccccc1)[SiH](C)C. The molecule has 0 radical (unpaired) electrons. The van der Waals surface area contributed by atoms with Crippen molar-refractivity contribution in [1.29, 1.82) is 0 Å². The molecule has 0 saturated carbocycles. The van der Waals surface area contributed by atoms with Crippen molar-refractivity contribution in [3.05, 3.63) is 129 Å². The average Bonchev–Trinajstić information content (AvgIpc) is 3.71. The number of aryl methyl sites for hydroxylation is 2. The van der Waals surface area contributed by atoms with Crippen LogP contribution in [-0.2, 0) is 28.4 Å². The Morgan fingerprint density at radius 2 is 0.958 bits per heavy atom. The summed E-state index contributed by atoms with van der Waals surface area (Å²) in [5, 5.41) is 0. The van der Waals surface area contributed by atoms with Crippen LogP contribution in [0.25, 0.3) is 34.4 Å². The molecule has 48 heavy (non-hydrogen) atoms. The summed E-state index contributed by atoms with van der Waals surface area (Å²) in [6.45, 7) is 19.0. The van der Waals surface area contributed by atoms with Crippen molar-refractivity contribution in [2.24, 2.45) is 11.8 Å². The van der Waals surface area contributed by atoms with Crippen LogP contribution in [0.3, 0.4) is 0 Å². The van der Waals surface area contributed by atoms with Crippen LogP contribution in [0.5, 0.6) is 0 Å². The first-order valence-corrected chi connectivity index (χ1v) is 34.7. The molecule has 6 rings (SSSR count). The third-order valence-corrected chi connectivity index (χ3v) is 63.8. The molecule has 0 heterocycles. The van der Waals surface area contributed by atoms with E-state index in [1.54, 1.807) is 0 Å². The third-order valence-electron chi connectivity index (χ3n) is 12.1. The van der Waals surface area contributed by atoms with Crippen molar-refractivity contribution >= 4 is 35.1 Å². The molecule has 4 unspecified atom stereocenters. The molecular weight excluding hydrogens is 719 g/mol. The van der Waals surface area contributed by atoms with Crippen molar-refractivity contribution in [3.8, 4) is 22.3 Å². The van der Waals surface area contributed by atoms with Crippen LogP contribution in [-0.4, -0.2) is 5.92 Å². The van der Waals surface area contributed by atoms with Crippen LogP contribution in [0.1, 0.15) is 95.0 Å². The fourth-order valence-electron chi connectivity index (χ4n) is 8.91. The molecule has 2 aliphatic rings. The number of allylic oxidation sites excluding steroid dienone is 2. The van der Waals surface area contributed by atoms with E-state index in [2.05, 4.69) is 152 Å². The van der Waals surface area contributed by atoms with Gasteiger partial charge in [0.1, 0.15) is 0 Å². The van der Waals surface area contributed by atoms with Crippen LogP contribution in [0.4, 0.5) is 0 Å². The van der Waals surface area contributed by atoms with Crippen molar-refractivity contribution < 1.29 is 15.6 Å². The van der Waals surface area contributed by atoms with E-state index in [1.165, 1.54) is 66.8 Å². The molecular formula is C44H53Cl2SiZr. The van der Waals surface area contributed by atoms with Gasteiger partial charge < -0.3 is 0 Å². The molecule has 0 nitrogen and oxygen atoms in total. The summed E-state index contributed by atoms with van der Waals surface area (Å²) in [6.07, 6.45) is 9.24. The van der Waals surface area contributed by atoms with Crippen molar-refractivity contribution in [1.82, 2.24) is 0 Å². The van der Waals surface area contributed by atoms with Crippen LogP contribution in [0.2, 0.25) is 13.1 Å². The molecule has 4 heteroatoms. The van der Waals surface area contributed by atoms with E-state index in [1.807, 2.05) is 0 Å². The van der Waals surface area contributed by atoms with Gasteiger partial charge in [-0.1, -0.05) is 0 Å². The molecule has 0 fully saturated rings. The zero-order chi connectivity index (χ0) is 34.4. The van der Waals surface area contributed by atoms with Gasteiger partial charge in [-0.25, -0.2) is 0 Å². The summed E-state index contributed by atoms with van der Waals surface area (Å²) in [7, 11) is 17.8. The van der Waals surface area contributed by atoms with Crippen molar-refractivity contribution in [2.45, 2.75) is 87.6 Å². The van der Waals surface area contributed by atoms with Gasteiger partial charge in [-0.05, 0) is 0 Å². The van der Waals surface area contributed by atoms with E-state index >= 15 is 0 Å². The van der Waals surface area contributed by atoms with E-state index in [4.69, 9.17) is 17.0 Å². The maximum absolute atomic E-state index is 8.89. The number of halogens is 2. The predicted octanol–water partition coefficient (Wildman–Crippen LogP) is 13.8. The van der Waals surface area contributed by atoms with Gasteiger partial charge in [0, 0.05) is 0 Å². The molecule has 4 atom stereocenters. The fourth-order valence-corrected chi connectivity index (χ4v) is 40.2. The first-order valence-electron chi connectivity index (χ1n) is 18.4. The van der Waals surface area contributed by atoms with Gasteiger partial charge in [0.05, 0.1) is 0 Å². The Morgan fingerprint density at radius 1 is 0.583 bits per heavy atom. The standard InChI is InChI=1S/2C21H23.C2H7Si.2ClH.Zr/c2*1-4-15(3)19-13-18-12-11-16(5-2)21(20(18)14-19)17-9-7-6-8-10-17;1-3-2;;;/h2*6-15H,4-5H2,1-3H3;3H,1-2H3;2*1H;/q;;;;;+2/p-2. The van der Waals surface area contributed by atoms with Gasteiger partial charge >= 0.3 is 302 Å². The second-order valence-corrected chi connectivity index (χ2v) is 57.3. The predicted molar refractivity (Wildman–Crippen MR) is 213 cm³/mol. The fraction of sp³-hybridized carbons (Fsp3) is 0.364. The van der Waals surface area contributed by atoms with Crippen LogP contribution >= 0.6 is 17.0 Å². The molecule has 0 saturated heterocycles. The van der Waals surface area contributed by atoms with Crippen LogP contribution < -0.4 is 0 Å². The molecule has 0 spiro atoms. The number of hydrogen-bond donors (Lipinski definition) is 0. The molecule has 2 aliphatic carbocycles. The van der Waals surface area contributed by atoms with E-state index in [-0.39, 0.29) is 7.25 Å². The third kappa shape index (κ3) is 5.66. The minimum atomic E-state index is -4.95. The minimum absolute atomic E-state index is 0.0918. The van der Waals surface area contributed by atoms with E-state index in [0.717, 1.165) is 25.7 Å². The number of rotatable bonds is 11. The summed E-state index contributed by atoms with van der Waals surface area (Å²) >= 11 is -4.95. The molecule has 0 N–H and O–H groups in total. The first kappa shape index (κ1) is 35.9. The summed E-state index contributed by atoms with van der Waals surface area (Å²) < 4.78 is 0.184. The Balaban J connectivity index is 1.69. The van der Waals surface area contributed by atoms with Gasteiger partial charge in [-0.2, -0.15) is 0 Å². The summed E-state index contributed by atoms with van der Waals surface area (Å²) in [5.41, 5.74) is 16.6. The normalized spacial score (nSPS) is 19.3. The van der Waals surface area contributed by atoms with Crippen LogP contribution in [0, 0.1) is 11.8 Å². The van der Waals surface area contributed by atoms with E-state index in [9.17, 15) is 0 Å². The summed E-state index contributed by atoms with van der Waals surface area (Å²) in [4.78, 5) is 0. The molecule has 0 amide bonds. The summed E-state index contributed by atoms with van der Waals surface area (Å²) in [6, 6.07) is 31.7. The maximum atomic E-state index is 8.89. The number of hydrogen-bond acceptors (Lipinski definition) is 0. The van der Waals surface area contributed by atoms with Gasteiger partial charge in [-0.15, -0.1) is 0 Å². The molecule has 0 bridgehead atoms. The van der Waals surface area contributed by atoms with E-state index < -0.39 is 21.5 Å². The Labute approximate surface area is 299 Å². The molecule has 251 valence electrons. The van der Waals surface area contributed by atoms with Crippen LogP contribution in [0.15, 0.2) is 96.1 Å². The van der Waals surface area contributed by atoms with Gasteiger partial charge in [0.2, 0.25) is 0 Å². The zero-order valence-electron chi connectivity index (χ0n) is 30.2. The summed E-state index contributed by atoms with van der Waals surface area (Å²) in [5.74, 6) is -0.887. The Kier molecular flexibility index (Phi) is 10.4. The molecule has 4 aromatic rings. The van der Waals surface area contributed by atoms with Crippen molar-refractivity contribution in [3.63, 3.8) is 0 Å². The monoisotopic (exact) mass is 769 g/mol. The number of benzene rings is 4. The van der Waals surface area contributed by atoms with Crippen molar-refractivity contribution in [2.75, 3.05) is 0 Å². The molecule has 4 aromatic carbocycles. The molecule has 0 aliphatic heterocycles. The van der Waals surface area contributed by atoms with E-state index in [0.29, 0.717) is 11.8 Å². The second kappa shape index (κ2) is 14.0. The van der Waals surface area contributed by atoms with Gasteiger partial charge in [0.15, 0.2) is 0 Å². The first-order chi connectivity index (χ1) is 23.0. The van der Waals surface area contributed by atoms with Gasteiger partial charge in [0.25, 0.3) is 0 Å². The quantitative estimate of drug-likeness (QED) is 0.133. The average molecular weight is 772 g/mol. The Bertz CT molecular complexity index is 1740. The second-order valence-electron chi connectivity index (χ2n) is 14.8. The van der Waals surface area contributed by atoms with Gasteiger partial charge in [-0.3, -0.25) is 0 Å². The number of fused-ring (bicyclic) bond motifs is 2.